The molecule has 0 atom stereocenters. The van der Waals surface area contributed by atoms with Crippen LogP contribution in [0.2, 0.25) is 0 Å². The maximum atomic E-state index is 6.00. The molecule has 2 N–H and O–H groups in total. The van der Waals surface area contributed by atoms with Crippen molar-refractivity contribution < 1.29 is 10.5 Å². The van der Waals surface area contributed by atoms with Crippen LogP contribution in [0.1, 0.15) is 0 Å². The molecule has 0 saturated carbocycles. The molecule has 0 fully saturated rings. The van der Waals surface area contributed by atoms with Crippen molar-refractivity contribution in [2.75, 3.05) is 0 Å². The Morgan fingerprint density at radius 2 is 1.00 bits per heavy atom. The molecular formula is H6CaMgO2. The summed E-state index contributed by atoms with van der Waals surface area (Å²) < 4.78 is 0. The molecule has 0 rings (SSSR count). The third-order valence-electron chi connectivity index (χ3n) is 0. The second-order valence-electron chi connectivity index (χ2n) is 0. The van der Waals surface area contributed by atoms with Gasteiger partial charge in [-0.15, -0.1) is 0 Å². The summed E-state index contributed by atoms with van der Waals surface area (Å²) in [6, 6.07) is 0. The summed E-state index contributed by atoms with van der Waals surface area (Å²) in [5, 5.41) is 12.0. The monoisotopic (exact) mass is 102 g/mol. The van der Waals surface area contributed by atoms with Gasteiger partial charge >= 0.3 is 60.8 Å². The molecule has 0 aromatic carbocycles. The van der Waals surface area contributed by atoms with Crippen LogP contribution < -0.4 is 0 Å². The van der Waals surface area contributed by atoms with Gasteiger partial charge in [-0.25, -0.2) is 0 Å². The molecule has 2 nitrogen and oxygen atoms in total. The van der Waals surface area contributed by atoms with E-state index in [0.29, 0.717) is 0 Å². The SMILES string of the molecule is OO.[CaH2].[MgH2]. The molecule has 4 heteroatoms. The van der Waals surface area contributed by atoms with Crippen molar-refractivity contribution in [2.45, 2.75) is 0 Å². The van der Waals surface area contributed by atoms with Crippen LogP contribution in [0.4, 0.5) is 0 Å². The van der Waals surface area contributed by atoms with E-state index in [0.717, 1.165) is 0 Å². The van der Waals surface area contributed by atoms with E-state index in [1.165, 1.54) is 0 Å². The zero-order valence-corrected chi connectivity index (χ0v) is 0.894. The molecule has 0 bridgehead atoms. The van der Waals surface area contributed by atoms with Crippen molar-refractivity contribution >= 4 is 60.8 Å². The Hall–Kier alpha value is 1.95. The van der Waals surface area contributed by atoms with Crippen LogP contribution in [0.3, 0.4) is 0 Å². The summed E-state index contributed by atoms with van der Waals surface area (Å²) in [6.07, 6.45) is 0. The predicted octanol–water partition coefficient (Wildman–Crippen LogP) is -1.82. The van der Waals surface area contributed by atoms with Crippen LogP contribution in [0.25, 0.3) is 0 Å². The Morgan fingerprint density at radius 1 is 1.00 bits per heavy atom. The van der Waals surface area contributed by atoms with Gasteiger partial charge in [0.1, 0.15) is 0 Å². The van der Waals surface area contributed by atoms with Crippen LogP contribution in [0, 0.1) is 0 Å². The van der Waals surface area contributed by atoms with Gasteiger partial charge in [0.15, 0.2) is 0 Å². The quantitative estimate of drug-likeness (QED) is 0.215. The maximum absolute atomic E-state index is 6.00. The first kappa shape index (κ1) is 16.8. The van der Waals surface area contributed by atoms with Crippen LogP contribution in [0.5, 0.6) is 0 Å². The first-order valence-corrected chi connectivity index (χ1v) is 0.200. The van der Waals surface area contributed by atoms with Crippen LogP contribution in [-0.4, -0.2) is 71.3 Å². The van der Waals surface area contributed by atoms with Gasteiger partial charge in [-0.05, 0) is 0 Å². The van der Waals surface area contributed by atoms with Gasteiger partial charge < -0.3 is 0 Å². The summed E-state index contributed by atoms with van der Waals surface area (Å²) in [5.41, 5.74) is 0. The predicted molar refractivity (Wildman–Crippen MR) is 22.3 cm³/mol. The summed E-state index contributed by atoms with van der Waals surface area (Å²) in [5.74, 6) is 0. The molecule has 0 aromatic heterocycles. The molecule has 22 valence electrons. The van der Waals surface area contributed by atoms with E-state index >= 15 is 0 Å². The minimum absolute atomic E-state index is 0. The van der Waals surface area contributed by atoms with Gasteiger partial charge in [0.2, 0.25) is 0 Å². The van der Waals surface area contributed by atoms with Gasteiger partial charge in [-0.2, -0.15) is 0 Å². The standard InChI is InChI=1S/Ca.Mg.H2O2.4H/c;;1-2;;;;/h;;1-2H;;;;. The second kappa shape index (κ2) is 20.3. The minimum Gasteiger partial charge on any atom is 0.316 e. The fourth-order valence-electron chi connectivity index (χ4n) is 0. The van der Waals surface area contributed by atoms with Crippen molar-refractivity contribution in [2.24, 2.45) is 0 Å². The molecule has 0 heterocycles. The van der Waals surface area contributed by atoms with Gasteiger partial charge in [-0.3, -0.25) is 10.5 Å². The van der Waals surface area contributed by atoms with Gasteiger partial charge in [-0.1, -0.05) is 0 Å². The molecule has 0 radical (unpaired) electrons. The summed E-state index contributed by atoms with van der Waals surface area (Å²) in [6.45, 7) is 0. The topological polar surface area (TPSA) is 40.5 Å². The molecule has 0 amide bonds. The molecule has 0 spiro atoms. The van der Waals surface area contributed by atoms with Crippen molar-refractivity contribution in [3.8, 4) is 0 Å². The smallest absolute Gasteiger partial charge is 0.316 e. The molecule has 0 aliphatic heterocycles. The first-order chi connectivity index (χ1) is 1.00. The molecule has 0 unspecified atom stereocenters. The van der Waals surface area contributed by atoms with Crippen molar-refractivity contribution in [3.05, 3.63) is 0 Å². The van der Waals surface area contributed by atoms with E-state index in [1.54, 1.807) is 0 Å². The molecule has 0 saturated heterocycles. The largest absolute Gasteiger partial charge is 0.316 e. The average Bonchev–Trinajstić information content (AvgIpc) is 1.00. The second-order valence-corrected chi connectivity index (χ2v) is 0. The van der Waals surface area contributed by atoms with E-state index in [9.17, 15) is 0 Å². The molecular weight excluding hydrogens is 96.4 g/mol. The van der Waals surface area contributed by atoms with Crippen LogP contribution in [0.15, 0.2) is 0 Å². The van der Waals surface area contributed by atoms with E-state index in [1.807, 2.05) is 0 Å². The van der Waals surface area contributed by atoms with Crippen LogP contribution >= 0.6 is 0 Å². The van der Waals surface area contributed by atoms with Gasteiger partial charge in [0.25, 0.3) is 0 Å². The van der Waals surface area contributed by atoms with E-state index in [2.05, 4.69) is 0 Å². The van der Waals surface area contributed by atoms with Gasteiger partial charge in [0.05, 0.1) is 0 Å². The first-order valence-electron chi connectivity index (χ1n) is 0.200. The van der Waals surface area contributed by atoms with Crippen LogP contribution in [-0.2, 0) is 0 Å². The fraction of sp³-hybridized carbons (Fsp3) is 0. The third kappa shape index (κ3) is 9.04. The number of rotatable bonds is 0. The minimum atomic E-state index is 0. The Balaban J connectivity index is -0.00000000500. The zero-order chi connectivity index (χ0) is 2.00. The molecule has 0 aliphatic carbocycles. The van der Waals surface area contributed by atoms with Crippen molar-refractivity contribution in [3.63, 3.8) is 0 Å². The maximum Gasteiger partial charge on any atom is 0.316 e. The number of hydrogen-bond donors (Lipinski definition) is 2. The third-order valence-corrected chi connectivity index (χ3v) is 0. The molecule has 0 aromatic rings. The normalized spacial score (nSPS) is 1.50. The van der Waals surface area contributed by atoms with E-state index in [4.69, 9.17) is 10.5 Å². The van der Waals surface area contributed by atoms with E-state index in [-0.39, 0.29) is 60.8 Å². The fourth-order valence-corrected chi connectivity index (χ4v) is 0. The average molecular weight is 102 g/mol. The van der Waals surface area contributed by atoms with Crippen molar-refractivity contribution in [1.82, 2.24) is 0 Å². The summed E-state index contributed by atoms with van der Waals surface area (Å²) in [4.78, 5) is 0. The Bertz CT molecular complexity index is 6.00. The summed E-state index contributed by atoms with van der Waals surface area (Å²) in [7, 11) is 0. The Morgan fingerprint density at radius 3 is 1.00 bits per heavy atom. The van der Waals surface area contributed by atoms with Gasteiger partial charge in [0, 0.05) is 0 Å². The van der Waals surface area contributed by atoms with Crippen molar-refractivity contribution in [1.29, 1.82) is 0 Å². The molecule has 4 heavy (non-hydrogen) atoms. The number of hydrogen-bond acceptors (Lipinski definition) is 2. The zero-order valence-electron chi connectivity index (χ0n) is 0.894. The summed E-state index contributed by atoms with van der Waals surface area (Å²) >= 11 is 0. The molecule has 0 aliphatic rings. The Kier molecular flexibility index (Phi) is 85.2. The Labute approximate surface area is 70.3 Å². The van der Waals surface area contributed by atoms with E-state index < -0.39 is 0 Å².